The Morgan fingerprint density at radius 1 is 1.00 bits per heavy atom. The SMILES string of the molecule is CC[Si](CC)(CC)O[C@H](C(C)C)[C@H](C)CO. The van der Waals surface area contributed by atoms with Crippen LogP contribution >= 0.6 is 0 Å². The molecule has 0 aromatic carbocycles. The maximum Gasteiger partial charge on any atom is 0.192 e. The van der Waals surface area contributed by atoms with Crippen LogP contribution in [0.25, 0.3) is 0 Å². The van der Waals surface area contributed by atoms with Gasteiger partial charge in [-0.05, 0) is 24.1 Å². The summed E-state index contributed by atoms with van der Waals surface area (Å²) in [6.07, 6.45) is 0.219. The van der Waals surface area contributed by atoms with Gasteiger partial charge in [-0.1, -0.05) is 41.5 Å². The molecule has 0 rings (SSSR count). The Kier molecular flexibility index (Phi) is 7.52. The van der Waals surface area contributed by atoms with E-state index in [1.54, 1.807) is 0 Å². The Morgan fingerprint density at radius 3 is 1.69 bits per heavy atom. The van der Waals surface area contributed by atoms with Crippen molar-refractivity contribution in [2.75, 3.05) is 6.61 Å². The van der Waals surface area contributed by atoms with Gasteiger partial charge in [-0.25, -0.2) is 0 Å². The minimum atomic E-state index is -1.53. The molecular weight excluding hydrogens is 216 g/mol. The molecule has 0 saturated heterocycles. The molecule has 3 heteroatoms. The monoisotopic (exact) mass is 246 g/mol. The fourth-order valence-corrected chi connectivity index (χ4v) is 5.38. The first-order valence-corrected chi connectivity index (χ1v) is 9.27. The van der Waals surface area contributed by atoms with E-state index in [1.165, 1.54) is 18.1 Å². The molecule has 2 atom stereocenters. The third-order valence-electron chi connectivity index (χ3n) is 3.82. The number of rotatable bonds is 8. The maximum atomic E-state index is 9.30. The van der Waals surface area contributed by atoms with Crippen LogP contribution in [0, 0.1) is 11.8 Å². The van der Waals surface area contributed by atoms with Crippen molar-refractivity contribution in [1.82, 2.24) is 0 Å². The minimum Gasteiger partial charge on any atom is -0.413 e. The first-order chi connectivity index (χ1) is 7.46. The standard InChI is InChI=1S/C13H30O2Si/c1-7-16(8-2,9-3)15-13(11(4)5)12(6)10-14/h11-14H,7-10H2,1-6H3/t12-,13-/m1/s1. The number of aliphatic hydroxyl groups is 1. The van der Waals surface area contributed by atoms with Gasteiger partial charge < -0.3 is 9.53 Å². The van der Waals surface area contributed by atoms with Crippen molar-refractivity contribution >= 4 is 8.32 Å². The first kappa shape index (κ1) is 16.1. The van der Waals surface area contributed by atoms with Gasteiger partial charge in [-0.15, -0.1) is 0 Å². The van der Waals surface area contributed by atoms with Gasteiger partial charge in [0.1, 0.15) is 0 Å². The second kappa shape index (κ2) is 7.46. The van der Waals surface area contributed by atoms with E-state index in [0.29, 0.717) is 5.92 Å². The van der Waals surface area contributed by atoms with Crippen LogP contribution in [0.3, 0.4) is 0 Å². The molecule has 0 aliphatic heterocycles. The van der Waals surface area contributed by atoms with Gasteiger partial charge in [0, 0.05) is 12.5 Å². The molecule has 0 radical (unpaired) electrons. The fourth-order valence-electron chi connectivity index (χ4n) is 2.30. The van der Waals surface area contributed by atoms with Crippen molar-refractivity contribution in [3.63, 3.8) is 0 Å². The van der Waals surface area contributed by atoms with Crippen LogP contribution in [-0.2, 0) is 4.43 Å². The van der Waals surface area contributed by atoms with Gasteiger partial charge in [0.15, 0.2) is 8.32 Å². The van der Waals surface area contributed by atoms with Crippen molar-refractivity contribution < 1.29 is 9.53 Å². The lowest BCUT2D eigenvalue weighted by molar-refractivity contribution is 0.0537. The smallest absolute Gasteiger partial charge is 0.192 e. The Hall–Kier alpha value is 0.137. The molecule has 0 saturated carbocycles. The quantitative estimate of drug-likeness (QED) is 0.662. The van der Waals surface area contributed by atoms with E-state index in [4.69, 9.17) is 4.43 Å². The first-order valence-electron chi connectivity index (χ1n) is 6.75. The highest BCUT2D eigenvalue weighted by Gasteiger charge is 2.34. The second-order valence-corrected chi connectivity index (χ2v) is 9.95. The van der Waals surface area contributed by atoms with E-state index in [-0.39, 0.29) is 18.6 Å². The Bertz CT molecular complexity index is 171. The molecule has 0 fully saturated rings. The van der Waals surface area contributed by atoms with E-state index in [9.17, 15) is 5.11 Å². The molecule has 0 bridgehead atoms. The predicted molar refractivity (Wildman–Crippen MR) is 73.2 cm³/mol. The van der Waals surface area contributed by atoms with Crippen LogP contribution in [0.5, 0.6) is 0 Å². The fraction of sp³-hybridized carbons (Fsp3) is 1.00. The third-order valence-corrected chi connectivity index (χ3v) is 8.46. The number of aliphatic hydroxyl groups excluding tert-OH is 1. The van der Waals surface area contributed by atoms with Gasteiger partial charge in [0.05, 0.1) is 6.10 Å². The van der Waals surface area contributed by atoms with E-state index in [0.717, 1.165) is 0 Å². The molecule has 0 heterocycles. The maximum absolute atomic E-state index is 9.30. The van der Waals surface area contributed by atoms with E-state index >= 15 is 0 Å². The average molecular weight is 246 g/mol. The number of hydrogen-bond donors (Lipinski definition) is 1. The lowest BCUT2D eigenvalue weighted by Crippen LogP contribution is -2.44. The van der Waals surface area contributed by atoms with Gasteiger partial charge in [0.2, 0.25) is 0 Å². The molecule has 0 spiro atoms. The highest BCUT2D eigenvalue weighted by atomic mass is 28.4. The van der Waals surface area contributed by atoms with Crippen molar-refractivity contribution in [2.45, 2.75) is 65.8 Å². The molecule has 0 aromatic rings. The third kappa shape index (κ3) is 4.19. The summed E-state index contributed by atoms with van der Waals surface area (Å²) in [4.78, 5) is 0. The summed E-state index contributed by atoms with van der Waals surface area (Å²) < 4.78 is 6.48. The molecule has 0 aliphatic carbocycles. The molecule has 1 N–H and O–H groups in total. The van der Waals surface area contributed by atoms with Crippen molar-refractivity contribution in [2.24, 2.45) is 11.8 Å². The molecule has 16 heavy (non-hydrogen) atoms. The summed E-state index contributed by atoms with van der Waals surface area (Å²) in [7, 11) is -1.53. The van der Waals surface area contributed by atoms with Crippen LogP contribution in [-0.4, -0.2) is 26.1 Å². The van der Waals surface area contributed by atoms with Crippen molar-refractivity contribution in [3.8, 4) is 0 Å². The second-order valence-electron chi connectivity index (χ2n) is 5.23. The summed E-state index contributed by atoms with van der Waals surface area (Å²) >= 11 is 0. The Labute approximate surface area is 103 Å². The topological polar surface area (TPSA) is 29.5 Å². The minimum absolute atomic E-state index is 0.219. The van der Waals surface area contributed by atoms with Crippen LogP contribution in [0.1, 0.15) is 41.5 Å². The predicted octanol–water partition coefficient (Wildman–Crippen LogP) is 3.66. The molecule has 0 amide bonds. The van der Waals surface area contributed by atoms with Crippen molar-refractivity contribution in [1.29, 1.82) is 0 Å². The highest BCUT2D eigenvalue weighted by molar-refractivity contribution is 6.73. The zero-order chi connectivity index (χ0) is 12.8. The van der Waals surface area contributed by atoms with Crippen molar-refractivity contribution in [3.05, 3.63) is 0 Å². The zero-order valence-electron chi connectivity index (χ0n) is 11.9. The average Bonchev–Trinajstić information content (AvgIpc) is 2.30. The van der Waals surface area contributed by atoms with Crippen LogP contribution in [0.4, 0.5) is 0 Å². The number of hydrogen-bond acceptors (Lipinski definition) is 2. The zero-order valence-corrected chi connectivity index (χ0v) is 12.9. The van der Waals surface area contributed by atoms with E-state index in [1.807, 2.05) is 0 Å². The van der Waals surface area contributed by atoms with Crippen LogP contribution in [0.15, 0.2) is 0 Å². The molecule has 98 valence electrons. The molecule has 0 unspecified atom stereocenters. The molecule has 0 aromatic heterocycles. The Balaban J connectivity index is 4.70. The van der Waals surface area contributed by atoms with Gasteiger partial charge in [-0.2, -0.15) is 0 Å². The normalized spacial score (nSPS) is 16.5. The summed E-state index contributed by atoms with van der Waals surface area (Å²) in [6.45, 7) is 13.4. The lowest BCUT2D eigenvalue weighted by Gasteiger charge is -2.37. The molecule has 2 nitrogen and oxygen atoms in total. The van der Waals surface area contributed by atoms with E-state index in [2.05, 4.69) is 41.5 Å². The van der Waals surface area contributed by atoms with Crippen LogP contribution < -0.4 is 0 Å². The summed E-state index contributed by atoms with van der Waals surface area (Å²) in [6, 6.07) is 3.55. The summed E-state index contributed by atoms with van der Waals surface area (Å²) in [5.41, 5.74) is 0. The van der Waals surface area contributed by atoms with E-state index < -0.39 is 8.32 Å². The molecule has 0 aliphatic rings. The van der Waals surface area contributed by atoms with Gasteiger partial charge in [-0.3, -0.25) is 0 Å². The largest absolute Gasteiger partial charge is 0.413 e. The highest BCUT2D eigenvalue weighted by Crippen LogP contribution is 2.28. The summed E-state index contributed by atoms with van der Waals surface area (Å²) in [5.74, 6) is 0.732. The van der Waals surface area contributed by atoms with Crippen LogP contribution in [0.2, 0.25) is 18.1 Å². The molecular formula is C13H30O2Si. The Morgan fingerprint density at radius 2 is 1.44 bits per heavy atom. The van der Waals surface area contributed by atoms with Gasteiger partial charge in [0.25, 0.3) is 0 Å². The lowest BCUT2D eigenvalue weighted by atomic mass is 9.96. The van der Waals surface area contributed by atoms with Gasteiger partial charge >= 0.3 is 0 Å². The summed E-state index contributed by atoms with van der Waals surface area (Å²) in [5, 5.41) is 9.30.